The van der Waals surface area contributed by atoms with Crippen LogP contribution in [0.1, 0.15) is 57.1 Å². The number of carbonyl (C=O) groups is 3. The van der Waals surface area contributed by atoms with Gasteiger partial charge in [0, 0.05) is 12.5 Å². The van der Waals surface area contributed by atoms with E-state index in [9.17, 15) is 14.4 Å². The van der Waals surface area contributed by atoms with E-state index in [0.29, 0.717) is 19.4 Å². The Morgan fingerprint density at radius 1 is 1.00 bits per heavy atom. The van der Waals surface area contributed by atoms with Crippen molar-refractivity contribution >= 4 is 18.0 Å². The number of hydrogen-bond acceptors (Lipinski definition) is 6. The third-order valence-corrected chi connectivity index (χ3v) is 5.86. The van der Waals surface area contributed by atoms with Gasteiger partial charge in [-0.15, -0.1) is 0 Å². The van der Waals surface area contributed by atoms with E-state index in [-0.39, 0.29) is 25.6 Å². The fourth-order valence-electron chi connectivity index (χ4n) is 4.29. The van der Waals surface area contributed by atoms with Crippen molar-refractivity contribution in [2.45, 2.75) is 51.6 Å². The lowest BCUT2D eigenvalue weighted by atomic mass is 9.97. The van der Waals surface area contributed by atoms with E-state index < -0.39 is 29.6 Å². The molecule has 1 atom stereocenters. The maximum Gasteiger partial charge on any atom is 0.407 e. The van der Waals surface area contributed by atoms with Gasteiger partial charge in [0.05, 0.1) is 12.3 Å². The van der Waals surface area contributed by atoms with Crippen molar-refractivity contribution in [2.75, 3.05) is 19.8 Å². The molecule has 1 N–H and O–H groups in total. The van der Waals surface area contributed by atoms with Crippen LogP contribution in [0.25, 0.3) is 11.1 Å². The average molecular weight is 494 g/mol. The summed E-state index contributed by atoms with van der Waals surface area (Å²) in [5, 5.41) is 2.67. The molecule has 192 valence electrons. The van der Waals surface area contributed by atoms with Crippen LogP contribution in [-0.2, 0) is 23.8 Å². The van der Waals surface area contributed by atoms with Gasteiger partial charge in [-0.1, -0.05) is 61.2 Å². The Morgan fingerprint density at radius 3 is 2.19 bits per heavy atom. The van der Waals surface area contributed by atoms with Crippen molar-refractivity contribution in [2.24, 2.45) is 5.92 Å². The summed E-state index contributed by atoms with van der Waals surface area (Å²) in [4.78, 5) is 37.2. The predicted molar refractivity (Wildman–Crippen MR) is 137 cm³/mol. The van der Waals surface area contributed by atoms with Gasteiger partial charge in [-0.25, -0.2) is 4.79 Å². The molecule has 7 nitrogen and oxygen atoms in total. The van der Waals surface area contributed by atoms with E-state index in [1.54, 1.807) is 20.8 Å². The van der Waals surface area contributed by atoms with Gasteiger partial charge in [0.25, 0.3) is 0 Å². The fraction of sp³-hybridized carbons (Fsp3) is 0.414. The molecule has 0 unspecified atom stereocenters. The number of benzene rings is 2. The van der Waals surface area contributed by atoms with Crippen molar-refractivity contribution < 1.29 is 28.6 Å². The second-order valence-corrected chi connectivity index (χ2v) is 9.80. The third kappa shape index (κ3) is 7.44. The Labute approximate surface area is 212 Å². The first kappa shape index (κ1) is 27.0. The number of nitrogens with one attached hydrogen (secondary N) is 1. The Balaban J connectivity index is 1.56. The van der Waals surface area contributed by atoms with Crippen LogP contribution in [0.4, 0.5) is 4.79 Å². The number of amides is 1. The van der Waals surface area contributed by atoms with Crippen molar-refractivity contribution in [1.82, 2.24) is 5.32 Å². The molecule has 1 aliphatic rings. The Kier molecular flexibility index (Phi) is 9.28. The standard InChI is InChI=1S/C29H35NO6/c1-5-17-34-27(32)20(11-10-16-30-28(33)36-29(2,3)4)18-26(31)35-19-25-23-14-8-6-12-21(23)22-13-7-9-15-24(22)25/h5-9,12-15,20,25H,1,10-11,16-19H2,2-4H3,(H,30,33)/t20-/m0/s1. The molecule has 0 aliphatic heterocycles. The molecule has 7 heteroatoms. The number of carbonyl (C=O) groups excluding carboxylic acids is 3. The molecule has 2 aromatic carbocycles. The van der Waals surface area contributed by atoms with Crippen LogP contribution in [-0.4, -0.2) is 43.4 Å². The molecule has 0 bridgehead atoms. The van der Waals surface area contributed by atoms with Crippen LogP contribution in [0.2, 0.25) is 0 Å². The van der Waals surface area contributed by atoms with E-state index in [2.05, 4.69) is 36.2 Å². The fourth-order valence-corrected chi connectivity index (χ4v) is 4.29. The van der Waals surface area contributed by atoms with Crippen LogP contribution in [0.3, 0.4) is 0 Å². The number of esters is 2. The lowest BCUT2D eigenvalue weighted by Gasteiger charge is -2.20. The van der Waals surface area contributed by atoms with Crippen LogP contribution in [0.5, 0.6) is 0 Å². The minimum absolute atomic E-state index is 0.0504. The molecule has 36 heavy (non-hydrogen) atoms. The van der Waals surface area contributed by atoms with Gasteiger partial charge < -0.3 is 19.5 Å². The van der Waals surface area contributed by atoms with Gasteiger partial charge in [-0.3, -0.25) is 9.59 Å². The summed E-state index contributed by atoms with van der Waals surface area (Å²) in [6.07, 6.45) is 1.69. The van der Waals surface area contributed by atoms with E-state index in [1.165, 1.54) is 6.08 Å². The summed E-state index contributed by atoms with van der Waals surface area (Å²) in [6.45, 7) is 9.48. The summed E-state index contributed by atoms with van der Waals surface area (Å²) in [7, 11) is 0. The number of hydrogen-bond donors (Lipinski definition) is 1. The maximum atomic E-state index is 12.8. The lowest BCUT2D eigenvalue weighted by Crippen LogP contribution is -2.33. The van der Waals surface area contributed by atoms with E-state index in [1.807, 2.05) is 24.3 Å². The zero-order chi connectivity index (χ0) is 26.1. The van der Waals surface area contributed by atoms with Gasteiger partial charge in [-0.2, -0.15) is 0 Å². The topological polar surface area (TPSA) is 90.9 Å². The normalized spacial score (nSPS) is 13.2. The molecule has 2 aromatic rings. The molecule has 0 fully saturated rings. The first-order chi connectivity index (χ1) is 17.2. The number of rotatable bonds is 11. The maximum absolute atomic E-state index is 12.8. The highest BCUT2D eigenvalue weighted by Gasteiger charge is 2.30. The summed E-state index contributed by atoms with van der Waals surface area (Å²) in [5.41, 5.74) is 3.96. The first-order valence-electron chi connectivity index (χ1n) is 12.3. The van der Waals surface area contributed by atoms with Gasteiger partial charge >= 0.3 is 18.0 Å². The molecule has 0 saturated carbocycles. The second-order valence-electron chi connectivity index (χ2n) is 9.80. The summed E-state index contributed by atoms with van der Waals surface area (Å²) in [5.74, 6) is -1.68. The average Bonchev–Trinajstić information content (AvgIpc) is 3.15. The van der Waals surface area contributed by atoms with Gasteiger partial charge in [0.15, 0.2) is 0 Å². The van der Waals surface area contributed by atoms with Crippen molar-refractivity contribution in [3.63, 3.8) is 0 Å². The zero-order valence-electron chi connectivity index (χ0n) is 21.3. The minimum atomic E-state index is -0.680. The van der Waals surface area contributed by atoms with E-state index >= 15 is 0 Å². The molecule has 0 saturated heterocycles. The van der Waals surface area contributed by atoms with Crippen molar-refractivity contribution in [1.29, 1.82) is 0 Å². The summed E-state index contributed by atoms with van der Waals surface area (Å²) < 4.78 is 16.1. The first-order valence-corrected chi connectivity index (χ1v) is 12.3. The number of fused-ring (bicyclic) bond motifs is 3. The third-order valence-electron chi connectivity index (χ3n) is 5.86. The second kappa shape index (κ2) is 12.4. The zero-order valence-corrected chi connectivity index (χ0v) is 21.3. The molecular formula is C29H35NO6. The molecule has 0 aromatic heterocycles. The predicted octanol–water partition coefficient (Wildman–Crippen LogP) is 5.38. The van der Waals surface area contributed by atoms with E-state index in [0.717, 1.165) is 22.3 Å². The molecule has 0 spiro atoms. The van der Waals surface area contributed by atoms with Crippen LogP contribution in [0, 0.1) is 5.92 Å². The molecular weight excluding hydrogens is 458 g/mol. The summed E-state index contributed by atoms with van der Waals surface area (Å²) in [6, 6.07) is 16.2. The smallest absolute Gasteiger partial charge is 0.407 e. The number of ether oxygens (including phenoxy) is 3. The Morgan fingerprint density at radius 2 is 1.61 bits per heavy atom. The highest BCUT2D eigenvalue weighted by atomic mass is 16.6. The van der Waals surface area contributed by atoms with Gasteiger partial charge in [-0.05, 0) is 55.9 Å². The summed E-state index contributed by atoms with van der Waals surface area (Å²) >= 11 is 0. The molecule has 1 aliphatic carbocycles. The van der Waals surface area contributed by atoms with Crippen molar-refractivity contribution in [3.8, 4) is 11.1 Å². The van der Waals surface area contributed by atoms with Crippen molar-refractivity contribution in [3.05, 3.63) is 72.3 Å². The van der Waals surface area contributed by atoms with Gasteiger partial charge in [0.2, 0.25) is 0 Å². The SMILES string of the molecule is C=CCOC(=O)[C@@H](CCCNC(=O)OC(C)(C)C)CC(=O)OCC1c2ccccc2-c2ccccc21. The Bertz CT molecular complexity index is 1040. The number of alkyl carbamates (subject to hydrolysis) is 1. The highest BCUT2D eigenvalue weighted by Crippen LogP contribution is 2.44. The quantitative estimate of drug-likeness (QED) is 0.196. The Hall–Kier alpha value is -3.61. The molecule has 0 heterocycles. The molecule has 0 radical (unpaired) electrons. The van der Waals surface area contributed by atoms with Crippen LogP contribution >= 0.6 is 0 Å². The van der Waals surface area contributed by atoms with E-state index in [4.69, 9.17) is 14.2 Å². The van der Waals surface area contributed by atoms with Crippen LogP contribution < -0.4 is 5.32 Å². The van der Waals surface area contributed by atoms with Crippen LogP contribution in [0.15, 0.2) is 61.2 Å². The molecule has 1 amide bonds. The highest BCUT2D eigenvalue weighted by molar-refractivity contribution is 5.81. The largest absolute Gasteiger partial charge is 0.465 e. The monoisotopic (exact) mass is 493 g/mol. The van der Waals surface area contributed by atoms with Gasteiger partial charge in [0.1, 0.15) is 18.8 Å². The lowest BCUT2D eigenvalue weighted by molar-refractivity contribution is -0.154. The minimum Gasteiger partial charge on any atom is -0.465 e. The molecule has 3 rings (SSSR count).